The van der Waals surface area contributed by atoms with E-state index in [0.29, 0.717) is 6.54 Å². The van der Waals surface area contributed by atoms with Crippen LogP contribution in [0.2, 0.25) is 0 Å². The molecule has 7 nitrogen and oxygen atoms in total. The normalized spacial score (nSPS) is 16.8. The highest BCUT2D eigenvalue weighted by atomic mass is 16.4. The molecule has 0 aromatic carbocycles. The minimum atomic E-state index is -1.20. The maximum absolute atomic E-state index is 11.5. The zero-order valence-electron chi connectivity index (χ0n) is 18.4. The van der Waals surface area contributed by atoms with Gasteiger partial charge in [0.15, 0.2) is 0 Å². The number of unbranched alkanes of at least 4 members (excludes halogenated alkanes) is 4. The lowest BCUT2D eigenvalue weighted by Crippen LogP contribution is -2.58. The summed E-state index contributed by atoms with van der Waals surface area (Å²) in [6.07, 6.45) is 10.3. The SMILES string of the molecule is CCCCC/C=C/CCC[N+](CC(C)C(=O)[O-])(CC(C)C(=O)O)CC(C)C(=O)O. The van der Waals surface area contributed by atoms with Crippen LogP contribution in [0, 0.1) is 17.8 Å². The van der Waals surface area contributed by atoms with Crippen LogP contribution in [-0.4, -0.2) is 58.8 Å². The van der Waals surface area contributed by atoms with E-state index in [2.05, 4.69) is 19.1 Å². The van der Waals surface area contributed by atoms with Gasteiger partial charge in [-0.3, -0.25) is 9.59 Å². The fourth-order valence-corrected chi connectivity index (χ4v) is 3.76. The Bertz CT molecular complexity index is 490. The van der Waals surface area contributed by atoms with Gasteiger partial charge in [0.25, 0.3) is 0 Å². The van der Waals surface area contributed by atoms with E-state index in [-0.39, 0.29) is 24.1 Å². The topological polar surface area (TPSA) is 115 Å². The fourth-order valence-electron chi connectivity index (χ4n) is 3.76. The Morgan fingerprint density at radius 1 is 0.828 bits per heavy atom. The van der Waals surface area contributed by atoms with Crippen LogP contribution in [-0.2, 0) is 14.4 Å². The molecule has 0 amide bonds. The molecule has 0 aliphatic rings. The molecule has 0 radical (unpaired) electrons. The highest BCUT2D eigenvalue weighted by Crippen LogP contribution is 2.21. The summed E-state index contributed by atoms with van der Waals surface area (Å²) in [4.78, 5) is 34.3. The van der Waals surface area contributed by atoms with Crippen LogP contribution in [0.5, 0.6) is 0 Å². The third kappa shape index (κ3) is 11.6. The summed E-state index contributed by atoms with van der Waals surface area (Å²) >= 11 is 0. The number of allylic oxidation sites excluding steroid dienone is 2. The number of carboxylic acid groups (broad SMARTS) is 3. The number of carbonyl (C=O) groups excluding carboxylic acids is 1. The number of carboxylic acids is 3. The lowest BCUT2D eigenvalue weighted by Gasteiger charge is -2.43. The predicted octanol–water partition coefficient (Wildman–Crippen LogP) is 2.55. The molecule has 29 heavy (non-hydrogen) atoms. The molecule has 0 bridgehead atoms. The molecule has 3 unspecified atom stereocenters. The second-order valence-corrected chi connectivity index (χ2v) is 8.42. The molecule has 0 aromatic rings. The Hall–Kier alpha value is -1.89. The van der Waals surface area contributed by atoms with Gasteiger partial charge in [-0.2, -0.15) is 0 Å². The molecular weight excluding hydrogens is 374 g/mol. The molecule has 168 valence electrons. The van der Waals surface area contributed by atoms with Crippen LogP contribution < -0.4 is 5.11 Å². The van der Waals surface area contributed by atoms with Crippen LogP contribution in [0.3, 0.4) is 0 Å². The third-order valence-corrected chi connectivity index (χ3v) is 5.37. The highest BCUT2D eigenvalue weighted by Gasteiger charge is 2.36. The lowest BCUT2D eigenvalue weighted by atomic mass is 10.0. The largest absolute Gasteiger partial charge is 0.550 e. The number of nitrogens with zero attached hydrogens (tertiary/aromatic N) is 1. The maximum Gasteiger partial charge on any atom is 0.311 e. The summed E-state index contributed by atoms with van der Waals surface area (Å²) in [5, 5.41) is 30.1. The molecule has 0 fully saturated rings. The lowest BCUT2D eigenvalue weighted by molar-refractivity contribution is -0.934. The van der Waals surface area contributed by atoms with E-state index in [1.54, 1.807) is 13.8 Å². The smallest absolute Gasteiger partial charge is 0.311 e. The number of carbonyl (C=O) groups is 3. The first-order valence-electron chi connectivity index (χ1n) is 10.7. The average Bonchev–Trinajstić information content (AvgIpc) is 2.63. The van der Waals surface area contributed by atoms with E-state index in [4.69, 9.17) is 0 Å². The molecule has 0 aliphatic carbocycles. The van der Waals surface area contributed by atoms with Crippen molar-refractivity contribution in [3.8, 4) is 0 Å². The molecule has 7 heteroatoms. The Balaban J connectivity index is 5.32. The van der Waals surface area contributed by atoms with Crippen molar-refractivity contribution in [1.82, 2.24) is 0 Å². The molecule has 0 aliphatic heterocycles. The molecule has 0 spiro atoms. The molecule has 0 saturated carbocycles. The number of quaternary nitrogens is 1. The van der Waals surface area contributed by atoms with Gasteiger partial charge in [-0.25, -0.2) is 0 Å². The van der Waals surface area contributed by atoms with Crippen LogP contribution in [0.4, 0.5) is 0 Å². The van der Waals surface area contributed by atoms with Crippen LogP contribution >= 0.6 is 0 Å². The van der Waals surface area contributed by atoms with Crippen molar-refractivity contribution in [1.29, 1.82) is 0 Å². The summed E-state index contributed by atoms with van der Waals surface area (Å²) in [5.74, 6) is -5.32. The molecule has 0 saturated heterocycles. The average molecular weight is 414 g/mol. The van der Waals surface area contributed by atoms with Gasteiger partial charge >= 0.3 is 11.9 Å². The van der Waals surface area contributed by atoms with Crippen molar-refractivity contribution >= 4 is 17.9 Å². The fraction of sp³-hybridized carbons (Fsp3) is 0.773. The second-order valence-electron chi connectivity index (χ2n) is 8.42. The van der Waals surface area contributed by atoms with E-state index in [0.717, 1.165) is 25.7 Å². The Labute approximate surface area is 175 Å². The van der Waals surface area contributed by atoms with Gasteiger partial charge in [0.1, 0.15) is 11.8 Å². The van der Waals surface area contributed by atoms with Gasteiger partial charge in [0.2, 0.25) is 0 Å². The monoisotopic (exact) mass is 413 g/mol. The third-order valence-electron chi connectivity index (χ3n) is 5.37. The number of aliphatic carboxylic acids is 3. The van der Waals surface area contributed by atoms with E-state index < -0.39 is 35.7 Å². The summed E-state index contributed by atoms with van der Waals surface area (Å²) in [6, 6.07) is 0. The first-order chi connectivity index (χ1) is 13.5. The molecule has 0 rings (SSSR count). The summed E-state index contributed by atoms with van der Waals surface area (Å²) < 4.78 is 0.153. The molecule has 0 aromatic heterocycles. The van der Waals surface area contributed by atoms with Gasteiger partial charge in [0, 0.05) is 18.3 Å². The Morgan fingerprint density at radius 2 is 1.28 bits per heavy atom. The van der Waals surface area contributed by atoms with Crippen molar-refractivity contribution < 1.29 is 34.2 Å². The van der Waals surface area contributed by atoms with E-state index in [9.17, 15) is 29.7 Å². The van der Waals surface area contributed by atoms with Gasteiger partial charge in [-0.1, -0.05) is 38.8 Å². The standard InChI is InChI=1S/C22H39NO6/c1-5-6-7-8-9-10-11-12-13-23(14-17(2)20(24)25,15-18(3)21(26)27)16-19(4)22(28)29/h9-10,17-19H,5-8,11-16H2,1-4H3,(H2-,24,25,26,27,28,29)/b10-9+. The predicted molar refractivity (Wildman–Crippen MR) is 110 cm³/mol. The minimum Gasteiger partial charge on any atom is -0.550 e. The Kier molecular flexibility index (Phi) is 13.2. The van der Waals surface area contributed by atoms with Crippen molar-refractivity contribution in [3.05, 3.63) is 12.2 Å². The summed E-state index contributed by atoms with van der Waals surface area (Å²) in [7, 11) is 0. The number of hydrogen-bond donors (Lipinski definition) is 2. The number of hydrogen-bond acceptors (Lipinski definition) is 4. The number of rotatable bonds is 17. The quantitative estimate of drug-likeness (QED) is 0.215. The first kappa shape index (κ1) is 27.1. The first-order valence-corrected chi connectivity index (χ1v) is 10.7. The minimum absolute atomic E-state index is 0.153. The molecule has 3 atom stereocenters. The van der Waals surface area contributed by atoms with Crippen LogP contribution in [0.15, 0.2) is 12.2 Å². The van der Waals surface area contributed by atoms with Crippen LogP contribution in [0.1, 0.15) is 66.2 Å². The highest BCUT2D eigenvalue weighted by molar-refractivity contribution is 5.70. The van der Waals surface area contributed by atoms with Crippen molar-refractivity contribution in [2.45, 2.75) is 66.2 Å². The van der Waals surface area contributed by atoms with Gasteiger partial charge in [0.05, 0.1) is 26.2 Å². The Morgan fingerprint density at radius 3 is 1.69 bits per heavy atom. The zero-order chi connectivity index (χ0) is 22.4. The maximum atomic E-state index is 11.5. The van der Waals surface area contributed by atoms with Crippen LogP contribution in [0.25, 0.3) is 0 Å². The summed E-state index contributed by atoms with van der Waals surface area (Å²) in [5.41, 5.74) is 0. The molecule has 0 heterocycles. The molecule has 2 N–H and O–H groups in total. The van der Waals surface area contributed by atoms with E-state index in [1.165, 1.54) is 19.8 Å². The second kappa shape index (κ2) is 14.1. The van der Waals surface area contributed by atoms with Gasteiger partial charge < -0.3 is 24.6 Å². The van der Waals surface area contributed by atoms with Gasteiger partial charge in [-0.15, -0.1) is 0 Å². The van der Waals surface area contributed by atoms with Crippen molar-refractivity contribution in [2.75, 3.05) is 26.2 Å². The zero-order valence-corrected chi connectivity index (χ0v) is 18.4. The summed E-state index contributed by atoms with van der Waals surface area (Å²) in [6.45, 7) is 7.95. The van der Waals surface area contributed by atoms with Crippen molar-refractivity contribution in [2.24, 2.45) is 17.8 Å². The van der Waals surface area contributed by atoms with Gasteiger partial charge in [-0.05, 0) is 33.1 Å². The molecular formula is C22H39NO6. The van der Waals surface area contributed by atoms with E-state index >= 15 is 0 Å². The van der Waals surface area contributed by atoms with Crippen molar-refractivity contribution in [3.63, 3.8) is 0 Å². The van der Waals surface area contributed by atoms with E-state index in [1.807, 2.05) is 0 Å².